The van der Waals surface area contributed by atoms with Crippen LogP contribution in [0.4, 0.5) is 0 Å². The molecule has 1 aliphatic rings. The first-order chi connectivity index (χ1) is 10.7. The van der Waals surface area contributed by atoms with E-state index in [2.05, 4.69) is 10.3 Å². The van der Waals surface area contributed by atoms with E-state index in [1.807, 2.05) is 22.9 Å². The van der Waals surface area contributed by atoms with Gasteiger partial charge in [0, 0.05) is 30.5 Å². The quantitative estimate of drug-likeness (QED) is 0.860. The van der Waals surface area contributed by atoms with E-state index in [9.17, 15) is 4.79 Å². The highest BCUT2D eigenvalue weighted by atomic mass is 35.5. The fourth-order valence-corrected chi connectivity index (χ4v) is 2.76. The summed E-state index contributed by atoms with van der Waals surface area (Å²) in [7, 11) is 0. The summed E-state index contributed by atoms with van der Waals surface area (Å²) >= 11 is 5.99. The van der Waals surface area contributed by atoms with Crippen LogP contribution in [-0.4, -0.2) is 28.6 Å². The third-order valence-electron chi connectivity index (χ3n) is 3.75. The number of imidazole rings is 1. The summed E-state index contributed by atoms with van der Waals surface area (Å²) in [5, 5.41) is 3.64. The van der Waals surface area contributed by atoms with Crippen molar-refractivity contribution in [3.05, 3.63) is 47.5 Å². The average Bonchev–Trinajstić information content (AvgIpc) is 3.04. The zero-order valence-corrected chi connectivity index (χ0v) is 12.9. The van der Waals surface area contributed by atoms with Crippen molar-refractivity contribution in [1.82, 2.24) is 14.9 Å². The summed E-state index contributed by atoms with van der Waals surface area (Å²) in [4.78, 5) is 16.2. The normalized spacial score (nSPS) is 16.7. The van der Waals surface area contributed by atoms with E-state index in [0.717, 1.165) is 24.3 Å². The van der Waals surface area contributed by atoms with Gasteiger partial charge in [0.1, 0.15) is 12.4 Å². The number of hydrogen-bond acceptors (Lipinski definition) is 3. The van der Waals surface area contributed by atoms with Gasteiger partial charge in [-0.15, -0.1) is 0 Å². The Morgan fingerprint density at radius 2 is 2.41 bits per heavy atom. The Labute approximate surface area is 134 Å². The van der Waals surface area contributed by atoms with Crippen LogP contribution in [0.2, 0.25) is 5.02 Å². The second-order valence-corrected chi connectivity index (χ2v) is 5.85. The number of benzene rings is 1. The lowest BCUT2D eigenvalue weighted by Gasteiger charge is -2.24. The van der Waals surface area contributed by atoms with E-state index in [4.69, 9.17) is 16.3 Å². The Balaban J connectivity index is 1.47. The van der Waals surface area contributed by atoms with Crippen LogP contribution in [0.3, 0.4) is 0 Å². The Bertz CT molecular complexity index is 643. The SMILES string of the molecule is O=C(NCCCn1ccnc1)[C@H]1COc2ccc(Cl)cc2C1. The molecular weight excluding hydrogens is 302 g/mol. The Hall–Kier alpha value is -2.01. The maximum atomic E-state index is 12.2. The molecule has 0 bridgehead atoms. The minimum atomic E-state index is -0.154. The molecule has 2 heterocycles. The third-order valence-corrected chi connectivity index (χ3v) is 3.99. The Kier molecular flexibility index (Phi) is 4.63. The number of carbonyl (C=O) groups is 1. The van der Waals surface area contributed by atoms with E-state index < -0.39 is 0 Å². The molecule has 1 N–H and O–H groups in total. The number of rotatable bonds is 5. The van der Waals surface area contributed by atoms with E-state index in [-0.39, 0.29) is 11.8 Å². The standard InChI is InChI=1S/C16H18ClN3O2/c17-14-2-3-15-12(9-14)8-13(10-22-15)16(21)19-4-1-6-20-7-5-18-11-20/h2-3,5,7,9,11,13H,1,4,6,8,10H2,(H,19,21)/t13-/m1/s1. The van der Waals surface area contributed by atoms with Gasteiger partial charge in [0.25, 0.3) is 0 Å². The highest BCUT2D eigenvalue weighted by Crippen LogP contribution is 2.29. The molecule has 0 unspecified atom stereocenters. The molecular formula is C16H18ClN3O2. The van der Waals surface area contributed by atoms with Gasteiger partial charge in [-0.2, -0.15) is 0 Å². The largest absolute Gasteiger partial charge is 0.492 e. The maximum absolute atomic E-state index is 12.2. The van der Waals surface area contributed by atoms with Crippen LogP contribution in [0.15, 0.2) is 36.9 Å². The van der Waals surface area contributed by atoms with Crippen molar-refractivity contribution in [2.45, 2.75) is 19.4 Å². The molecule has 0 saturated heterocycles. The number of ether oxygens (including phenoxy) is 1. The molecule has 116 valence electrons. The van der Waals surface area contributed by atoms with Crippen molar-refractivity contribution in [3.63, 3.8) is 0 Å². The van der Waals surface area contributed by atoms with Crippen molar-refractivity contribution < 1.29 is 9.53 Å². The van der Waals surface area contributed by atoms with Crippen LogP contribution < -0.4 is 10.1 Å². The van der Waals surface area contributed by atoms with E-state index >= 15 is 0 Å². The molecule has 1 atom stereocenters. The first-order valence-electron chi connectivity index (χ1n) is 7.37. The molecule has 1 aliphatic heterocycles. The summed E-state index contributed by atoms with van der Waals surface area (Å²) < 4.78 is 7.64. The van der Waals surface area contributed by atoms with Gasteiger partial charge in [0.15, 0.2) is 0 Å². The molecule has 5 nitrogen and oxygen atoms in total. The molecule has 0 spiro atoms. The van der Waals surface area contributed by atoms with Gasteiger partial charge in [-0.3, -0.25) is 4.79 Å². The molecule has 3 rings (SSSR count). The predicted octanol–water partition coefficient (Wildman–Crippen LogP) is 2.29. The van der Waals surface area contributed by atoms with Gasteiger partial charge in [-0.1, -0.05) is 11.6 Å². The Morgan fingerprint density at radius 1 is 1.50 bits per heavy atom. The second-order valence-electron chi connectivity index (χ2n) is 5.41. The van der Waals surface area contributed by atoms with Crippen LogP contribution in [0.25, 0.3) is 0 Å². The number of carbonyl (C=O) groups excluding carboxylic acids is 1. The summed E-state index contributed by atoms with van der Waals surface area (Å²) in [6, 6.07) is 5.53. The minimum absolute atomic E-state index is 0.0382. The molecule has 0 aliphatic carbocycles. The molecule has 0 radical (unpaired) electrons. The van der Waals surface area contributed by atoms with Crippen molar-refractivity contribution >= 4 is 17.5 Å². The number of amides is 1. The number of fused-ring (bicyclic) bond motifs is 1. The molecule has 0 fully saturated rings. The third kappa shape index (κ3) is 3.60. The molecule has 6 heteroatoms. The van der Waals surface area contributed by atoms with Crippen LogP contribution in [-0.2, 0) is 17.8 Å². The monoisotopic (exact) mass is 319 g/mol. The summed E-state index contributed by atoms with van der Waals surface area (Å²) in [6.07, 6.45) is 6.98. The molecule has 1 aromatic carbocycles. The number of aryl methyl sites for hydroxylation is 1. The zero-order chi connectivity index (χ0) is 15.4. The van der Waals surface area contributed by atoms with Crippen LogP contribution in [0.5, 0.6) is 5.75 Å². The van der Waals surface area contributed by atoms with Crippen LogP contribution >= 0.6 is 11.6 Å². The number of nitrogens with zero attached hydrogens (tertiary/aromatic N) is 2. The van der Waals surface area contributed by atoms with Crippen molar-refractivity contribution in [3.8, 4) is 5.75 Å². The topological polar surface area (TPSA) is 56.2 Å². The highest BCUT2D eigenvalue weighted by Gasteiger charge is 2.25. The summed E-state index contributed by atoms with van der Waals surface area (Å²) in [5.74, 6) is 0.712. The molecule has 1 amide bonds. The molecule has 2 aromatic rings. The highest BCUT2D eigenvalue weighted by molar-refractivity contribution is 6.30. The van der Waals surface area contributed by atoms with Crippen LogP contribution in [0, 0.1) is 5.92 Å². The van der Waals surface area contributed by atoms with E-state index in [1.165, 1.54) is 0 Å². The van der Waals surface area contributed by atoms with Crippen molar-refractivity contribution in [2.75, 3.05) is 13.2 Å². The zero-order valence-electron chi connectivity index (χ0n) is 12.2. The van der Waals surface area contributed by atoms with Crippen molar-refractivity contribution in [1.29, 1.82) is 0 Å². The molecule has 1 aromatic heterocycles. The van der Waals surface area contributed by atoms with Gasteiger partial charge < -0.3 is 14.6 Å². The Morgan fingerprint density at radius 3 is 3.23 bits per heavy atom. The molecule has 0 saturated carbocycles. The first-order valence-corrected chi connectivity index (χ1v) is 7.75. The number of nitrogens with one attached hydrogen (secondary N) is 1. The predicted molar refractivity (Wildman–Crippen MR) is 84.0 cm³/mol. The smallest absolute Gasteiger partial charge is 0.226 e. The summed E-state index contributed by atoms with van der Waals surface area (Å²) in [6.45, 7) is 1.91. The second kappa shape index (κ2) is 6.83. The molecule has 22 heavy (non-hydrogen) atoms. The average molecular weight is 320 g/mol. The van der Waals surface area contributed by atoms with Crippen LogP contribution in [0.1, 0.15) is 12.0 Å². The number of aromatic nitrogens is 2. The van der Waals surface area contributed by atoms with Gasteiger partial charge in [-0.05, 0) is 36.6 Å². The number of halogens is 1. The first kappa shape index (κ1) is 14.9. The summed E-state index contributed by atoms with van der Waals surface area (Å²) in [5.41, 5.74) is 0.998. The van der Waals surface area contributed by atoms with Gasteiger partial charge in [0.05, 0.1) is 12.2 Å². The fourth-order valence-electron chi connectivity index (χ4n) is 2.57. The van der Waals surface area contributed by atoms with Gasteiger partial charge in [-0.25, -0.2) is 4.98 Å². The number of hydrogen-bond donors (Lipinski definition) is 1. The maximum Gasteiger partial charge on any atom is 0.226 e. The van der Waals surface area contributed by atoms with Gasteiger partial charge >= 0.3 is 0 Å². The minimum Gasteiger partial charge on any atom is -0.492 e. The van der Waals surface area contributed by atoms with E-state index in [1.54, 1.807) is 18.6 Å². The van der Waals surface area contributed by atoms with Crippen molar-refractivity contribution in [2.24, 2.45) is 5.92 Å². The lowest BCUT2D eigenvalue weighted by molar-refractivity contribution is -0.126. The lowest BCUT2D eigenvalue weighted by Crippen LogP contribution is -2.38. The fraction of sp³-hybridized carbons (Fsp3) is 0.375. The van der Waals surface area contributed by atoms with Gasteiger partial charge in [0.2, 0.25) is 5.91 Å². The lowest BCUT2D eigenvalue weighted by atomic mass is 9.96. The van der Waals surface area contributed by atoms with E-state index in [0.29, 0.717) is 24.6 Å².